The predicted molar refractivity (Wildman–Crippen MR) is 279 cm³/mol. The molecule has 0 spiro atoms. The maximum absolute atomic E-state index is 14.5. The number of H-pyrrole nitrogens is 1. The molecule has 3 aromatic carbocycles. The van der Waals surface area contributed by atoms with Crippen LogP contribution in [0.4, 0.5) is 0 Å². The van der Waals surface area contributed by atoms with Crippen LogP contribution in [0.25, 0.3) is 10.9 Å². The summed E-state index contributed by atoms with van der Waals surface area (Å²) >= 11 is 0. The highest BCUT2D eigenvalue weighted by atomic mass is 16.4. The summed E-state index contributed by atoms with van der Waals surface area (Å²) < 4.78 is 0. The SMILES string of the molecule is CC(=O)N[C@@H](Cc1ccc(O)cc1)C(=O)NC1CCCCNC(=O)CCC(=O)NCCCC[C@@H](C(=O)N[C@@H](CC(=O)O)C(=O)N[C@@H](Cc2ccccc2)C(N)=O)NC(=O)[C@H](Cc2c[nH]c3ccccc23)NC(=O)CNC1=O. The lowest BCUT2D eigenvalue weighted by atomic mass is 10.0. The molecule has 1 aliphatic rings. The number of carboxylic acids is 1. The van der Waals surface area contributed by atoms with Crippen molar-refractivity contribution in [2.45, 2.75) is 120 Å². The Labute approximate surface area is 443 Å². The maximum atomic E-state index is 14.5. The van der Waals surface area contributed by atoms with Gasteiger partial charge >= 0.3 is 5.97 Å². The molecule has 1 fully saturated rings. The molecule has 14 N–H and O–H groups in total. The number of aromatic amines is 1. The Kier molecular flexibility index (Phi) is 22.9. The number of amides is 10. The van der Waals surface area contributed by atoms with Crippen LogP contribution in [0.1, 0.15) is 81.4 Å². The molecule has 0 bridgehead atoms. The molecule has 24 nitrogen and oxygen atoms in total. The first-order chi connectivity index (χ1) is 36.8. The summed E-state index contributed by atoms with van der Waals surface area (Å²) in [6.45, 7) is 0.777. The highest BCUT2D eigenvalue weighted by Gasteiger charge is 2.33. The molecule has 1 aliphatic heterocycles. The molecule has 1 aromatic heterocycles. The molecule has 4 aromatic rings. The minimum atomic E-state index is -1.77. The Morgan fingerprint density at radius 1 is 0.662 bits per heavy atom. The van der Waals surface area contributed by atoms with E-state index in [1.807, 2.05) is 0 Å². The van der Waals surface area contributed by atoms with Gasteiger partial charge in [0, 0.05) is 69.2 Å². The van der Waals surface area contributed by atoms with Crippen LogP contribution >= 0.6 is 0 Å². The highest BCUT2D eigenvalue weighted by molar-refractivity contribution is 5.98. The van der Waals surface area contributed by atoms with Crippen LogP contribution in [0.15, 0.2) is 85.1 Å². The van der Waals surface area contributed by atoms with Gasteiger partial charge in [0.05, 0.1) is 13.0 Å². The van der Waals surface area contributed by atoms with Gasteiger partial charge in [-0.3, -0.25) is 52.7 Å². The lowest BCUT2D eigenvalue weighted by Crippen LogP contribution is -2.59. The van der Waals surface area contributed by atoms with E-state index in [1.54, 1.807) is 72.9 Å². The standard InChI is InChI=1S/C53H67N11O13/c1-31(65)59-41(26-33-17-19-35(66)20-18-33)51(75)61-38-15-7-9-23-55-44(67)21-22-45(68)56-24-10-8-16-39(50(74)64-43(28-47(70)71)53(77)63-40(48(54)72)25-32-11-3-2-4-12-32)62-52(76)42(60-46(69)30-58-49(38)73)27-34-29-57-37-14-6-5-13-36(34)37/h2-6,11-14,17-20,29,38-43,57,66H,7-10,15-16,21-28,30H2,1H3,(H2,54,72)(H,55,67)(H,56,68)(H,58,73)(H,59,65)(H,60,69)(H,61,75)(H,62,76)(H,63,77)(H,64,74)(H,70,71)/t38?,39-,40-,41-,42-,43-/m0/s1. The summed E-state index contributed by atoms with van der Waals surface area (Å²) in [5.41, 5.74) is 8.10. The predicted octanol–water partition coefficient (Wildman–Crippen LogP) is -0.727. The Morgan fingerprint density at radius 3 is 1.94 bits per heavy atom. The third kappa shape index (κ3) is 20.1. The second-order valence-electron chi connectivity index (χ2n) is 18.7. The van der Waals surface area contributed by atoms with Gasteiger partial charge in [-0.15, -0.1) is 0 Å². The number of carbonyl (C=O) groups is 11. The van der Waals surface area contributed by atoms with Crippen molar-refractivity contribution >= 4 is 75.9 Å². The van der Waals surface area contributed by atoms with Gasteiger partial charge in [-0.2, -0.15) is 0 Å². The van der Waals surface area contributed by atoms with Crippen molar-refractivity contribution in [1.29, 1.82) is 0 Å². The average molecular weight is 1070 g/mol. The smallest absolute Gasteiger partial charge is 0.305 e. The van der Waals surface area contributed by atoms with Gasteiger partial charge in [0.1, 0.15) is 42.0 Å². The first-order valence-electron chi connectivity index (χ1n) is 25.3. The molecule has 0 saturated carbocycles. The summed E-state index contributed by atoms with van der Waals surface area (Å²) in [6.07, 6.45) is 1.11. The molecule has 2 heterocycles. The number of benzene rings is 3. The second kappa shape index (κ2) is 29.9. The van der Waals surface area contributed by atoms with Crippen molar-refractivity contribution in [3.05, 3.63) is 102 Å². The van der Waals surface area contributed by atoms with Crippen LogP contribution in [0, 0.1) is 0 Å². The summed E-state index contributed by atoms with van der Waals surface area (Å²) in [7, 11) is 0. The Morgan fingerprint density at radius 2 is 1.29 bits per heavy atom. The first kappa shape index (κ1) is 59.1. The number of nitrogens with two attached hydrogens (primary N) is 1. The molecular weight excluding hydrogens is 999 g/mol. The topological polar surface area (TPSA) is 378 Å². The third-order valence-electron chi connectivity index (χ3n) is 12.5. The fourth-order valence-corrected chi connectivity index (χ4v) is 8.48. The number of para-hydroxylation sites is 1. The van der Waals surface area contributed by atoms with Crippen LogP contribution in [-0.4, -0.2) is 136 Å². The Balaban J connectivity index is 1.41. The summed E-state index contributed by atoms with van der Waals surface area (Å²) in [5.74, 6) is -9.18. The number of phenols is 1. The number of hydrogen-bond donors (Lipinski definition) is 13. The lowest BCUT2D eigenvalue weighted by Gasteiger charge is -2.26. The van der Waals surface area contributed by atoms with Crippen molar-refractivity contribution in [2.24, 2.45) is 5.73 Å². The number of aliphatic carboxylic acids is 1. The van der Waals surface area contributed by atoms with Crippen molar-refractivity contribution < 1.29 is 63.0 Å². The number of carbonyl (C=O) groups excluding carboxylic acids is 10. The Hall–Kier alpha value is -8.83. The second-order valence-corrected chi connectivity index (χ2v) is 18.7. The van der Waals surface area contributed by atoms with E-state index < -0.39 is 114 Å². The number of nitrogens with one attached hydrogen (secondary N) is 10. The quantitative estimate of drug-likeness (QED) is 0.0660. The molecule has 6 atom stereocenters. The molecular formula is C53H67N11O13. The zero-order valence-electron chi connectivity index (χ0n) is 42.6. The zero-order chi connectivity index (χ0) is 55.9. The normalized spacial score (nSPS) is 18.9. The number of phenolic OH excluding ortho intramolecular Hbond substituents is 1. The van der Waals surface area contributed by atoms with Crippen molar-refractivity contribution in [3.8, 4) is 5.75 Å². The molecule has 77 heavy (non-hydrogen) atoms. The van der Waals surface area contributed by atoms with Crippen LogP contribution in [0.2, 0.25) is 0 Å². The monoisotopic (exact) mass is 1070 g/mol. The van der Waals surface area contributed by atoms with Crippen molar-refractivity contribution in [2.75, 3.05) is 19.6 Å². The molecule has 0 aliphatic carbocycles. The van der Waals surface area contributed by atoms with Crippen LogP contribution in [0.3, 0.4) is 0 Å². The number of hydrogen-bond acceptors (Lipinski definition) is 12. The average Bonchev–Trinajstić information content (AvgIpc) is 3.81. The highest BCUT2D eigenvalue weighted by Crippen LogP contribution is 2.20. The van der Waals surface area contributed by atoms with Gasteiger partial charge in [0.25, 0.3) is 0 Å². The number of primary amides is 1. The molecule has 1 unspecified atom stereocenters. The number of rotatable bonds is 16. The van der Waals surface area contributed by atoms with Crippen LogP contribution in [0.5, 0.6) is 5.75 Å². The molecule has 0 radical (unpaired) electrons. The van der Waals surface area contributed by atoms with Gasteiger partial charge in [0.15, 0.2) is 0 Å². The summed E-state index contributed by atoms with van der Waals surface area (Å²) in [6, 6.07) is 13.2. The largest absolute Gasteiger partial charge is 0.508 e. The fourth-order valence-electron chi connectivity index (χ4n) is 8.48. The fraction of sp³-hybridized carbons (Fsp3) is 0.415. The minimum absolute atomic E-state index is 0.00686. The third-order valence-corrected chi connectivity index (χ3v) is 12.5. The molecule has 24 heteroatoms. The number of aromatic nitrogens is 1. The van der Waals surface area contributed by atoms with E-state index in [1.165, 1.54) is 19.1 Å². The number of fused-ring (bicyclic) bond motifs is 1. The molecule has 1 saturated heterocycles. The number of carboxylic acid groups (broad SMARTS) is 1. The van der Waals surface area contributed by atoms with E-state index in [0.717, 1.165) is 0 Å². The van der Waals surface area contributed by atoms with Crippen LogP contribution in [-0.2, 0) is 72.0 Å². The van der Waals surface area contributed by atoms with E-state index in [2.05, 4.69) is 52.8 Å². The van der Waals surface area contributed by atoms with Crippen LogP contribution < -0.4 is 53.6 Å². The van der Waals surface area contributed by atoms with Gasteiger partial charge in [-0.1, -0.05) is 60.7 Å². The van der Waals surface area contributed by atoms with E-state index in [0.29, 0.717) is 34.0 Å². The van der Waals surface area contributed by atoms with Crippen molar-refractivity contribution in [1.82, 2.24) is 52.8 Å². The van der Waals surface area contributed by atoms with Crippen molar-refractivity contribution in [3.63, 3.8) is 0 Å². The molecule has 10 amide bonds. The first-order valence-corrected chi connectivity index (χ1v) is 25.3. The van der Waals surface area contributed by atoms with Gasteiger partial charge < -0.3 is 68.8 Å². The summed E-state index contributed by atoms with van der Waals surface area (Å²) in [5, 5.41) is 43.6. The minimum Gasteiger partial charge on any atom is -0.508 e. The van der Waals surface area contributed by atoms with E-state index >= 15 is 0 Å². The molecule has 5 rings (SSSR count). The molecule has 412 valence electrons. The van der Waals surface area contributed by atoms with Gasteiger partial charge in [-0.05, 0) is 73.4 Å². The number of aromatic hydroxyl groups is 1. The summed E-state index contributed by atoms with van der Waals surface area (Å²) in [4.78, 5) is 149. The van der Waals surface area contributed by atoms with E-state index in [-0.39, 0.29) is 83.0 Å². The Bertz CT molecular complexity index is 2730. The van der Waals surface area contributed by atoms with E-state index in [4.69, 9.17) is 5.73 Å². The lowest BCUT2D eigenvalue weighted by molar-refractivity contribution is -0.141. The van der Waals surface area contributed by atoms with Gasteiger partial charge in [0.2, 0.25) is 59.1 Å². The zero-order valence-corrected chi connectivity index (χ0v) is 42.6. The van der Waals surface area contributed by atoms with E-state index in [9.17, 15) is 63.0 Å². The van der Waals surface area contributed by atoms with Gasteiger partial charge in [-0.25, -0.2) is 0 Å². The maximum Gasteiger partial charge on any atom is 0.305 e.